The molecule has 2 aromatic rings. The van der Waals surface area contributed by atoms with Gasteiger partial charge < -0.3 is 9.47 Å². The van der Waals surface area contributed by atoms with E-state index in [0.29, 0.717) is 12.6 Å². The summed E-state index contributed by atoms with van der Waals surface area (Å²) in [6, 6.07) is 2.93. The second-order valence-corrected chi connectivity index (χ2v) is 9.10. The van der Waals surface area contributed by atoms with Gasteiger partial charge in [-0.25, -0.2) is 0 Å². The molecular formula is C21H31N3O2S. The number of thiophene rings is 1. The van der Waals surface area contributed by atoms with Crippen molar-refractivity contribution in [1.29, 1.82) is 0 Å². The summed E-state index contributed by atoms with van der Waals surface area (Å²) in [5.74, 6) is 0. The van der Waals surface area contributed by atoms with Crippen molar-refractivity contribution >= 4 is 11.3 Å². The van der Waals surface area contributed by atoms with Gasteiger partial charge in [-0.2, -0.15) is 5.10 Å². The number of hydrogen-bond acceptors (Lipinski definition) is 5. The molecule has 1 fully saturated rings. The first kappa shape index (κ1) is 19.1. The van der Waals surface area contributed by atoms with Gasteiger partial charge in [0.05, 0.1) is 31.6 Å². The zero-order valence-electron chi connectivity index (χ0n) is 16.7. The Balaban J connectivity index is 1.44. The fourth-order valence-corrected chi connectivity index (χ4v) is 5.72. The van der Waals surface area contributed by atoms with Crippen LogP contribution >= 0.6 is 11.3 Å². The van der Waals surface area contributed by atoms with Crippen molar-refractivity contribution in [3.05, 3.63) is 39.3 Å². The normalized spacial score (nSPS) is 25.8. The Kier molecular flexibility index (Phi) is 5.69. The summed E-state index contributed by atoms with van der Waals surface area (Å²) in [5.41, 5.74) is 2.72. The van der Waals surface area contributed by atoms with E-state index in [1.165, 1.54) is 16.0 Å². The predicted molar refractivity (Wildman–Crippen MR) is 108 cm³/mol. The average Bonchev–Trinajstić information content (AvgIpc) is 3.30. The van der Waals surface area contributed by atoms with E-state index in [1.54, 1.807) is 12.0 Å². The van der Waals surface area contributed by atoms with Crippen LogP contribution in [-0.2, 0) is 41.0 Å². The first-order chi connectivity index (χ1) is 13.1. The highest BCUT2D eigenvalue weighted by Gasteiger charge is 2.44. The second-order valence-electron chi connectivity index (χ2n) is 7.87. The third-order valence-corrected chi connectivity index (χ3v) is 7.39. The second kappa shape index (κ2) is 8.03. The molecule has 0 unspecified atom stereocenters. The lowest BCUT2D eigenvalue weighted by molar-refractivity contribution is -0.112. The van der Waals surface area contributed by atoms with Crippen LogP contribution in [0.25, 0.3) is 0 Å². The van der Waals surface area contributed by atoms with E-state index in [4.69, 9.17) is 9.47 Å². The summed E-state index contributed by atoms with van der Waals surface area (Å²) < 4.78 is 13.6. The van der Waals surface area contributed by atoms with E-state index in [9.17, 15) is 0 Å². The summed E-state index contributed by atoms with van der Waals surface area (Å²) in [6.45, 7) is 9.01. The summed E-state index contributed by atoms with van der Waals surface area (Å²) >= 11 is 2.00. The van der Waals surface area contributed by atoms with Crippen LogP contribution in [0.4, 0.5) is 0 Å². The molecule has 0 N–H and O–H groups in total. The number of hydrogen-bond donors (Lipinski definition) is 0. The minimum Gasteiger partial charge on any atom is -0.383 e. The number of ether oxygens (including phenoxy) is 2. The molecule has 0 bridgehead atoms. The van der Waals surface area contributed by atoms with Gasteiger partial charge in [0.1, 0.15) is 0 Å². The Hall–Kier alpha value is -1.21. The van der Waals surface area contributed by atoms with Crippen molar-refractivity contribution in [2.24, 2.45) is 0 Å². The third-order valence-electron chi connectivity index (χ3n) is 6.06. The molecule has 0 aliphatic carbocycles. The third kappa shape index (κ3) is 3.86. The summed E-state index contributed by atoms with van der Waals surface area (Å²) in [7, 11) is 1.73. The summed E-state index contributed by atoms with van der Waals surface area (Å²) in [6.07, 6.45) is 8.52. The molecule has 0 amide bonds. The molecule has 27 heavy (non-hydrogen) atoms. The lowest BCUT2D eigenvalue weighted by atomic mass is 9.79. The van der Waals surface area contributed by atoms with E-state index >= 15 is 0 Å². The minimum absolute atomic E-state index is 0.0595. The van der Waals surface area contributed by atoms with Crippen LogP contribution in [0.15, 0.2) is 18.5 Å². The molecule has 0 radical (unpaired) electrons. The monoisotopic (exact) mass is 389 g/mol. The maximum absolute atomic E-state index is 6.46. The number of piperidine rings is 1. The molecule has 0 aromatic carbocycles. The van der Waals surface area contributed by atoms with Crippen molar-refractivity contribution in [3.63, 3.8) is 0 Å². The van der Waals surface area contributed by atoms with Crippen LogP contribution in [0.3, 0.4) is 0 Å². The highest BCUT2D eigenvalue weighted by Crippen LogP contribution is 2.46. The smallest absolute Gasteiger partial charge is 0.0969 e. The van der Waals surface area contributed by atoms with Crippen molar-refractivity contribution in [2.45, 2.75) is 64.3 Å². The van der Waals surface area contributed by atoms with Crippen molar-refractivity contribution < 1.29 is 9.47 Å². The zero-order valence-corrected chi connectivity index (χ0v) is 17.6. The number of rotatable bonds is 6. The molecule has 4 rings (SSSR count). The maximum Gasteiger partial charge on any atom is 0.0969 e. The molecule has 0 saturated carbocycles. The Morgan fingerprint density at radius 3 is 3.11 bits per heavy atom. The Bertz CT molecular complexity index is 771. The van der Waals surface area contributed by atoms with Crippen LogP contribution in [0, 0.1) is 0 Å². The van der Waals surface area contributed by atoms with E-state index in [0.717, 1.165) is 51.9 Å². The number of likely N-dealkylation sites (tertiary alicyclic amines) is 1. The SMILES string of the molecule is CCc1cc2c(s1)CCO[C@@]21CCN(Cc2cnn(CCOC)c2)[C@@H](C)C1. The molecule has 1 spiro atoms. The van der Waals surface area contributed by atoms with Gasteiger partial charge in [-0.1, -0.05) is 6.92 Å². The molecule has 148 valence electrons. The number of fused-ring (bicyclic) bond motifs is 2. The standard InChI is InChI=1S/C21H31N3O2S/c1-4-18-11-19-20(27-18)5-9-26-21(19)6-7-23(16(2)12-21)14-17-13-22-24(15-17)8-10-25-3/h11,13,15-16H,4-10,12,14H2,1-3H3/t16-,21+/m0/s1. The van der Waals surface area contributed by atoms with Crippen molar-refractivity contribution in [2.75, 3.05) is 26.9 Å². The lowest BCUT2D eigenvalue weighted by Gasteiger charge is -2.47. The van der Waals surface area contributed by atoms with Crippen LogP contribution in [0.5, 0.6) is 0 Å². The first-order valence-corrected chi connectivity index (χ1v) is 11.0. The fourth-order valence-electron chi connectivity index (χ4n) is 4.54. The number of aryl methyl sites for hydroxylation is 1. The van der Waals surface area contributed by atoms with Gasteiger partial charge in [-0.05, 0) is 37.8 Å². The van der Waals surface area contributed by atoms with Gasteiger partial charge in [-0.15, -0.1) is 11.3 Å². The van der Waals surface area contributed by atoms with Gasteiger partial charge in [0, 0.05) is 54.2 Å². The van der Waals surface area contributed by atoms with Crippen molar-refractivity contribution in [3.8, 4) is 0 Å². The lowest BCUT2D eigenvalue weighted by Crippen LogP contribution is -2.50. The van der Waals surface area contributed by atoms with E-state index in [2.05, 4.69) is 36.1 Å². The topological polar surface area (TPSA) is 39.5 Å². The molecule has 2 aliphatic rings. The van der Waals surface area contributed by atoms with Crippen LogP contribution in [0.2, 0.25) is 0 Å². The maximum atomic E-state index is 6.46. The molecule has 4 heterocycles. The van der Waals surface area contributed by atoms with Gasteiger partial charge in [-0.3, -0.25) is 9.58 Å². The van der Waals surface area contributed by atoms with Crippen molar-refractivity contribution in [1.82, 2.24) is 14.7 Å². The summed E-state index contributed by atoms with van der Waals surface area (Å²) in [5, 5.41) is 4.46. The number of nitrogens with zero attached hydrogens (tertiary/aromatic N) is 3. The van der Waals surface area contributed by atoms with Crippen LogP contribution < -0.4 is 0 Å². The molecule has 2 aliphatic heterocycles. The van der Waals surface area contributed by atoms with Crippen LogP contribution in [-0.4, -0.2) is 47.6 Å². The molecular weight excluding hydrogens is 358 g/mol. The Labute approximate surface area is 166 Å². The van der Waals surface area contributed by atoms with Gasteiger partial charge >= 0.3 is 0 Å². The van der Waals surface area contributed by atoms with E-state index in [-0.39, 0.29) is 5.60 Å². The first-order valence-electron chi connectivity index (χ1n) is 10.1. The quantitative estimate of drug-likeness (QED) is 0.757. The van der Waals surface area contributed by atoms with E-state index < -0.39 is 0 Å². The van der Waals surface area contributed by atoms with Crippen LogP contribution in [0.1, 0.15) is 47.6 Å². The zero-order chi connectivity index (χ0) is 18.9. The van der Waals surface area contributed by atoms with Gasteiger partial charge in [0.15, 0.2) is 0 Å². The number of methoxy groups -OCH3 is 1. The largest absolute Gasteiger partial charge is 0.383 e. The predicted octanol–water partition coefficient (Wildman–Crippen LogP) is 3.61. The van der Waals surface area contributed by atoms with Gasteiger partial charge in [0.25, 0.3) is 0 Å². The van der Waals surface area contributed by atoms with Gasteiger partial charge in [0.2, 0.25) is 0 Å². The average molecular weight is 390 g/mol. The van der Waals surface area contributed by atoms with E-state index in [1.807, 2.05) is 22.2 Å². The fraction of sp³-hybridized carbons (Fsp3) is 0.667. The minimum atomic E-state index is -0.0595. The highest BCUT2D eigenvalue weighted by molar-refractivity contribution is 7.12. The Morgan fingerprint density at radius 1 is 1.44 bits per heavy atom. The Morgan fingerprint density at radius 2 is 2.33 bits per heavy atom. The molecule has 5 nitrogen and oxygen atoms in total. The number of aromatic nitrogens is 2. The summed E-state index contributed by atoms with van der Waals surface area (Å²) in [4.78, 5) is 5.65. The molecule has 2 atom stereocenters. The molecule has 2 aromatic heterocycles. The highest BCUT2D eigenvalue weighted by atomic mass is 32.1. The molecule has 1 saturated heterocycles. The molecule has 6 heteroatoms.